The second-order valence-electron chi connectivity index (χ2n) is 5.60. The average molecular weight is 312 g/mol. The highest BCUT2D eigenvalue weighted by Crippen LogP contribution is 2.22. The summed E-state index contributed by atoms with van der Waals surface area (Å²) in [5.41, 5.74) is 6.53. The van der Waals surface area contributed by atoms with Crippen LogP contribution in [0.25, 0.3) is 0 Å². The molecule has 1 aliphatic rings. The lowest BCUT2D eigenvalue weighted by atomic mass is 9.96. The molecule has 0 aliphatic carbocycles. The number of nitrogens with two attached hydrogens (primary N) is 1. The minimum atomic E-state index is 0.0315. The highest BCUT2D eigenvalue weighted by atomic mass is 16.1. The van der Waals surface area contributed by atoms with E-state index in [-0.39, 0.29) is 11.8 Å². The van der Waals surface area contributed by atoms with Crippen LogP contribution in [0.3, 0.4) is 0 Å². The molecule has 120 valence electrons. The zero-order valence-electron chi connectivity index (χ0n) is 12.9. The van der Waals surface area contributed by atoms with Crippen LogP contribution in [0.5, 0.6) is 0 Å². The summed E-state index contributed by atoms with van der Waals surface area (Å²) in [5.74, 6) is 1.31. The molecule has 23 heavy (non-hydrogen) atoms. The number of nitrogen functional groups attached to an aromatic ring is 1. The van der Waals surface area contributed by atoms with Crippen molar-refractivity contribution in [2.75, 3.05) is 23.7 Å². The van der Waals surface area contributed by atoms with E-state index < -0.39 is 0 Å². The first-order valence-corrected chi connectivity index (χ1v) is 7.72. The van der Waals surface area contributed by atoms with Crippen LogP contribution in [-0.2, 0) is 11.3 Å². The summed E-state index contributed by atoms with van der Waals surface area (Å²) in [7, 11) is 0. The number of carbonyl (C=O) groups is 1. The van der Waals surface area contributed by atoms with Gasteiger partial charge in [0.1, 0.15) is 11.6 Å². The van der Waals surface area contributed by atoms with Crippen LogP contribution < -0.4 is 16.0 Å². The Morgan fingerprint density at radius 1 is 1.30 bits per heavy atom. The Kier molecular flexibility index (Phi) is 4.65. The lowest BCUT2D eigenvalue weighted by Gasteiger charge is -2.31. The Balaban J connectivity index is 1.49. The molecule has 0 aromatic carbocycles. The van der Waals surface area contributed by atoms with Crippen molar-refractivity contribution in [3.63, 3.8) is 0 Å². The van der Waals surface area contributed by atoms with Gasteiger partial charge in [-0.25, -0.2) is 4.98 Å². The molecule has 3 rings (SSSR count). The van der Waals surface area contributed by atoms with E-state index in [0.717, 1.165) is 37.4 Å². The molecule has 7 heteroatoms. The highest BCUT2D eigenvalue weighted by Gasteiger charge is 2.25. The molecular weight excluding hydrogens is 292 g/mol. The molecule has 0 unspecified atom stereocenters. The van der Waals surface area contributed by atoms with E-state index in [1.807, 2.05) is 18.2 Å². The van der Waals surface area contributed by atoms with Crippen LogP contribution >= 0.6 is 0 Å². The molecule has 3 N–H and O–H groups in total. The van der Waals surface area contributed by atoms with Crippen LogP contribution in [0.15, 0.2) is 36.8 Å². The number of anilines is 2. The maximum atomic E-state index is 12.3. The van der Waals surface area contributed by atoms with Gasteiger partial charge in [-0.15, -0.1) is 0 Å². The third kappa shape index (κ3) is 3.94. The standard InChI is InChI=1S/C16H20N6O/c17-14-10-18-11-15(21-14)22-7-4-12(5-8-22)16(23)20-9-13-3-1-2-6-19-13/h1-3,6,10-12H,4-5,7-9H2,(H2,17,21)(H,20,23). The van der Waals surface area contributed by atoms with Gasteiger partial charge in [0.15, 0.2) is 0 Å². The summed E-state index contributed by atoms with van der Waals surface area (Å²) < 4.78 is 0. The fourth-order valence-corrected chi connectivity index (χ4v) is 2.72. The minimum absolute atomic E-state index is 0.0315. The van der Waals surface area contributed by atoms with Gasteiger partial charge in [0.05, 0.1) is 24.6 Å². The number of amides is 1. The van der Waals surface area contributed by atoms with Crippen molar-refractivity contribution in [1.29, 1.82) is 0 Å². The van der Waals surface area contributed by atoms with Gasteiger partial charge in [-0.3, -0.25) is 14.8 Å². The topological polar surface area (TPSA) is 97.0 Å². The zero-order chi connectivity index (χ0) is 16.1. The van der Waals surface area contributed by atoms with E-state index in [9.17, 15) is 4.79 Å². The molecular formula is C16H20N6O. The molecule has 0 saturated carbocycles. The number of rotatable bonds is 4. The van der Waals surface area contributed by atoms with Crippen molar-refractivity contribution in [2.24, 2.45) is 5.92 Å². The largest absolute Gasteiger partial charge is 0.382 e. The van der Waals surface area contributed by atoms with Crippen LogP contribution in [0.1, 0.15) is 18.5 Å². The van der Waals surface area contributed by atoms with E-state index >= 15 is 0 Å². The molecule has 1 saturated heterocycles. The Bertz CT molecular complexity index is 655. The van der Waals surface area contributed by atoms with E-state index in [1.165, 1.54) is 6.20 Å². The lowest BCUT2D eigenvalue weighted by Crippen LogP contribution is -2.40. The first-order chi connectivity index (χ1) is 11.2. The van der Waals surface area contributed by atoms with Gasteiger partial charge in [0.25, 0.3) is 0 Å². The Morgan fingerprint density at radius 3 is 2.83 bits per heavy atom. The molecule has 0 spiro atoms. The molecule has 1 aliphatic heterocycles. The van der Waals surface area contributed by atoms with Gasteiger partial charge < -0.3 is 16.0 Å². The Hall–Kier alpha value is -2.70. The fourth-order valence-electron chi connectivity index (χ4n) is 2.72. The van der Waals surface area contributed by atoms with Crippen molar-refractivity contribution in [1.82, 2.24) is 20.3 Å². The van der Waals surface area contributed by atoms with Gasteiger partial charge in [-0.05, 0) is 25.0 Å². The quantitative estimate of drug-likeness (QED) is 0.874. The minimum Gasteiger partial charge on any atom is -0.382 e. The second kappa shape index (κ2) is 7.04. The number of carbonyl (C=O) groups excluding carboxylic acids is 1. The summed E-state index contributed by atoms with van der Waals surface area (Å²) in [6, 6.07) is 5.68. The summed E-state index contributed by atoms with van der Waals surface area (Å²) in [6.45, 7) is 2.03. The number of nitrogens with zero attached hydrogens (tertiary/aromatic N) is 4. The van der Waals surface area contributed by atoms with Gasteiger partial charge in [-0.2, -0.15) is 0 Å². The van der Waals surface area contributed by atoms with E-state index in [4.69, 9.17) is 5.73 Å². The number of hydrogen-bond donors (Lipinski definition) is 2. The van der Waals surface area contributed by atoms with Crippen molar-refractivity contribution >= 4 is 17.5 Å². The average Bonchev–Trinajstić information content (AvgIpc) is 2.61. The highest BCUT2D eigenvalue weighted by molar-refractivity contribution is 5.78. The third-order valence-corrected chi connectivity index (χ3v) is 4.00. The number of hydrogen-bond acceptors (Lipinski definition) is 6. The molecule has 1 amide bonds. The SMILES string of the molecule is Nc1cncc(N2CCC(C(=O)NCc3ccccn3)CC2)n1. The summed E-state index contributed by atoms with van der Waals surface area (Å²) in [6.07, 6.45) is 6.56. The van der Waals surface area contributed by atoms with Gasteiger partial charge in [0.2, 0.25) is 5.91 Å². The fraction of sp³-hybridized carbons (Fsp3) is 0.375. The molecule has 7 nitrogen and oxygen atoms in total. The van der Waals surface area contributed by atoms with Crippen molar-refractivity contribution < 1.29 is 4.79 Å². The predicted molar refractivity (Wildman–Crippen MR) is 87.5 cm³/mol. The second-order valence-corrected chi connectivity index (χ2v) is 5.60. The maximum Gasteiger partial charge on any atom is 0.223 e. The van der Waals surface area contributed by atoms with Gasteiger partial charge in [0, 0.05) is 25.2 Å². The lowest BCUT2D eigenvalue weighted by molar-refractivity contribution is -0.125. The maximum absolute atomic E-state index is 12.3. The van der Waals surface area contributed by atoms with Gasteiger partial charge >= 0.3 is 0 Å². The Labute approximate surface area is 135 Å². The molecule has 2 aromatic heterocycles. The van der Waals surface area contributed by atoms with Crippen molar-refractivity contribution in [3.05, 3.63) is 42.5 Å². The molecule has 3 heterocycles. The van der Waals surface area contributed by atoms with Crippen LogP contribution in [0, 0.1) is 5.92 Å². The molecule has 1 fully saturated rings. The van der Waals surface area contributed by atoms with Gasteiger partial charge in [-0.1, -0.05) is 6.07 Å². The van der Waals surface area contributed by atoms with Crippen LogP contribution in [-0.4, -0.2) is 33.9 Å². The first kappa shape index (κ1) is 15.2. The van der Waals surface area contributed by atoms with Crippen LogP contribution in [0.4, 0.5) is 11.6 Å². The van der Waals surface area contributed by atoms with Crippen molar-refractivity contribution in [2.45, 2.75) is 19.4 Å². The normalized spacial score (nSPS) is 15.4. The van der Waals surface area contributed by atoms with E-state index in [0.29, 0.717) is 12.4 Å². The molecule has 0 atom stereocenters. The molecule has 0 bridgehead atoms. The zero-order valence-corrected chi connectivity index (χ0v) is 12.9. The van der Waals surface area contributed by atoms with Crippen molar-refractivity contribution in [3.8, 4) is 0 Å². The smallest absolute Gasteiger partial charge is 0.223 e. The monoisotopic (exact) mass is 312 g/mol. The van der Waals surface area contributed by atoms with E-state index in [2.05, 4.69) is 25.2 Å². The Morgan fingerprint density at radius 2 is 2.13 bits per heavy atom. The summed E-state index contributed by atoms with van der Waals surface area (Å²) >= 11 is 0. The summed E-state index contributed by atoms with van der Waals surface area (Å²) in [4.78, 5) is 26.9. The predicted octanol–water partition coefficient (Wildman–Crippen LogP) is 0.987. The van der Waals surface area contributed by atoms with E-state index in [1.54, 1.807) is 12.4 Å². The molecule has 2 aromatic rings. The number of aromatic nitrogens is 3. The first-order valence-electron chi connectivity index (χ1n) is 7.72. The third-order valence-electron chi connectivity index (χ3n) is 4.00. The molecule has 0 radical (unpaired) electrons. The summed E-state index contributed by atoms with van der Waals surface area (Å²) in [5, 5.41) is 2.96. The number of nitrogens with one attached hydrogen (secondary N) is 1. The van der Waals surface area contributed by atoms with Crippen LogP contribution in [0.2, 0.25) is 0 Å². The number of piperidine rings is 1. The number of pyridine rings is 1.